The van der Waals surface area contributed by atoms with E-state index >= 15 is 0 Å². The molecule has 0 saturated heterocycles. The molecule has 0 amide bonds. The molecule has 0 radical (unpaired) electrons. The summed E-state index contributed by atoms with van der Waals surface area (Å²) in [5.41, 5.74) is 0. The molecule has 326 valence electrons. The molecule has 0 aromatic heterocycles. The van der Waals surface area contributed by atoms with Crippen molar-refractivity contribution in [2.75, 3.05) is 13.2 Å². The molecule has 0 heterocycles. The lowest BCUT2D eigenvalue weighted by molar-refractivity contribution is -0.167. The number of hydrogen-bond acceptors (Lipinski definition) is 6. The van der Waals surface area contributed by atoms with Gasteiger partial charge in [0.05, 0.1) is 0 Å². The molecule has 0 aliphatic carbocycles. The highest BCUT2D eigenvalue weighted by Crippen LogP contribution is 2.13. The smallest absolute Gasteiger partial charge is 0.306 e. The zero-order valence-corrected chi connectivity index (χ0v) is 37.1. The second-order valence-corrected chi connectivity index (χ2v) is 15.4. The Morgan fingerprint density at radius 1 is 0.368 bits per heavy atom. The normalized spacial score (nSPS) is 12.7. The van der Waals surface area contributed by atoms with Crippen molar-refractivity contribution in [2.24, 2.45) is 0 Å². The largest absolute Gasteiger partial charge is 0.462 e. The predicted octanol–water partition coefficient (Wildman–Crippen LogP) is 15.1. The molecule has 57 heavy (non-hydrogen) atoms. The van der Waals surface area contributed by atoms with E-state index in [4.69, 9.17) is 14.2 Å². The molecule has 0 rings (SSSR count). The summed E-state index contributed by atoms with van der Waals surface area (Å²) in [4.78, 5) is 37.8. The van der Waals surface area contributed by atoms with Gasteiger partial charge in [0.2, 0.25) is 0 Å². The van der Waals surface area contributed by atoms with Crippen LogP contribution in [0, 0.1) is 0 Å². The Labute approximate surface area is 351 Å². The van der Waals surface area contributed by atoms with Crippen LogP contribution in [-0.4, -0.2) is 37.2 Å². The molecule has 0 saturated carbocycles. The van der Waals surface area contributed by atoms with Gasteiger partial charge in [-0.05, 0) is 83.5 Å². The minimum Gasteiger partial charge on any atom is -0.462 e. The number of carbonyl (C=O) groups is 3. The molecule has 1 unspecified atom stereocenters. The molecule has 0 aliphatic rings. The van der Waals surface area contributed by atoms with Crippen LogP contribution in [-0.2, 0) is 28.6 Å². The van der Waals surface area contributed by atoms with E-state index in [-0.39, 0.29) is 31.1 Å². The number of allylic oxidation sites excluding steroid dienone is 12. The Morgan fingerprint density at radius 2 is 0.719 bits per heavy atom. The van der Waals surface area contributed by atoms with Crippen LogP contribution >= 0.6 is 0 Å². The second kappa shape index (κ2) is 45.6. The average molecular weight is 795 g/mol. The minimum absolute atomic E-state index is 0.0944. The van der Waals surface area contributed by atoms with Gasteiger partial charge in [0, 0.05) is 19.3 Å². The van der Waals surface area contributed by atoms with Gasteiger partial charge in [-0.25, -0.2) is 0 Å². The first-order valence-electron chi connectivity index (χ1n) is 23.5. The first kappa shape index (κ1) is 53.9. The third-order valence-electron chi connectivity index (χ3n) is 9.76. The van der Waals surface area contributed by atoms with Crippen LogP contribution < -0.4 is 0 Å². The van der Waals surface area contributed by atoms with Gasteiger partial charge in [-0.15, -0.1) is 0 Å². The summed E-state index contributed by atoms with van der Waals surface area (Å²) in [6.45, 7) is 6.39. The van der Waals surface area contributed by atoms with Crippen LogP contribution in [0.5, 0.6) is 0 Å². The van der Waals surface area contributed by atoms with Crippen molar-refractivity contribution in [1.29, 1.82) is 0 Å². The summed E-state index contributed by atoms with van der Waals surface area (Å²) >= 11 is 0. The van der Waals surface area contributed by atoms with Crippen molar-refractivity contribution in [1.82, 2.24) is 0 Å². The molecule has 1 atom stereocenters. The number of ether oxygens (including phenoxy) is 3. The molecule has 0 N–H and O–H groups in total. The van der Waals surface area contributed by atoms with Crippen LogP contribution in [0.15, 0.2) is 72.9 Å². The second-order valence-electron chi connectivity index (χ2n) is 15.4. The SMILES string of the molecule is CC\C=C/C=C\C=C/C=C\CCCCCCCC(=O)OCC(COC(=O)CCCCCCC/C=C\CCCC)OC(=O)CCCCC/C=C\CCCCCCCC. The third kappa shape index (κ3) is 43.8. The van der Waals surface area contributed by atoms with Crippen molar-refractivity contribution in [2.45, 2.75) is 219 Å². The molecule has 0 aromatic carbocycles. The van der Waals surface area contributed by atoms with Crippen LogP contribution in [0.2, 0.25) is 0 Å². The zero-order valence-electron chi connectivity index (χ0n) is 37.1. The van der Waals surface area contributed by atoms with E-state index in [0.29, 0.717) is 19.3 Å². The summed E-state index contributed by atoms with van der Waals surface area (Å²) in [6, 6.07) is 0. The quantitative estimate of drug-likeness (QED) is 0.0202. The summed E-state index contributed by atoms with van der Waals surface area (Å²) in [6.07, 6.45) is 55.9. The van der Waals surface area contributed by atoms with Crippen LogP contribution in [0.3, 0.4) is 0 Å². The number of hydrogen-bond donors (Lipinski definition) is 0. The van der Waals surface area contributed by atoms with Crippen molar-refractivity contribution in [3.63, 3.8) is 0 Å². The molecule has 0 fully saturated rings. The van der Waals surface area contributed by atoms with E-state index in [9.17, 15) is 14.4 Å². The monoisotopic (exact) mass is 795 g/mol. The summed E-state index contributed by atoms with van der Waals surface area (Å²) < 4.78 is 16.7. The molecule has 0 bridgehead atoms. The molecular weight excluding hydrogens is 709 g/mol. The van der Waals surface area contributed by atoms with Gasteiger partial charge in [-0.1, -0.05) is 184 Å². The standard InChI is InChI=1S/C51H86O6/c1-4-7-10-13-16-19-22-24-25-27-29-32-35-38-41-44-50(53)56-47-48(46-55-49(52)43-40-37-34-31-28-21-18-15-12-9-6-3)57-51(54)45-42-39-36-33-30-26-23-20-17-14-11-8-5-2/h7,10,13,15-16,18-19,22,24-26,30,48H,4-6,8-9,11-12,14,17,20-21,23,27-29,31-47H2,1-3H3/b10-7-,16-13-,18-15-,22-19-,25-24-,30-26-. The molecule has 0 spiro atoms. The van der Waals surface area contributed by atoms with E-state index in [1.165, 1.54) is 70.6 Å². The molecule has 0 aromatic rings. The fourth-order valence-corrected chi connectivity index (χ4v) is 6.19. The van der Waals surface area contributed by atoms with E-state index < -0.39 is 6.10 Å². The zero-order chi connectivity index (χ0) is 41.5. The average Bonchev–Trinajstić information content (AvgIpc) is 3.21. The topological polar surface area (TPSA) is 78.9 Å². The number of rotatable bonds is 41. The van der Waals surface area contributed by atoms with Gasteiger partial charge in [0.1, 0.15) is 13.2 Å². The van der Waals surface area contributed by atoms with Crippen LogP contribution in [0.25, 0.3) is 0 Å². The Bertz CT molecular complexity index is 1100. The summed E-state index contributed by atoms with van der Waals surface area (Å²) in [7, 11) is 0. The summed E-state index contributed by atoms with van der Waals surface area (Å²) in [5, 5.41) is 0. The van der Waals surface area contributed by atoms with E-state index in [1.807, 2.05) is 24.3 Å². The lowest BCUT2D eigenvalue weighted by atomic mass is 10.1. The summed E-state index contributed by atoms with van der Waals surface area (Å²) in [5.74, 6) is -0.948. The highest BCUT2D eigenvalue weighted by atomic mass is 16.6. The molecule has 6 heteroatoms. The van der Waals surface area contributed by atoms with Crippen LogP contribution in [0.1, 0.15) is 213 Å². The van der Waals surface area contributed by atoms with E-state index in [1.54, 1.807) is 0 Å². The lowest BCUT2D eigenvalue weighted by Crippen LogP contribution is -2.30. The van der Waals surface area contributed by atoms with Gasteiger partial charge in [-0.2, -0.15) is 0 Å². The fourth-order valence-electron chi connectivity index (χ4n) is 6.19. The molecule has 0 aliphatic heterocycles. The Balaban J connectivity index is 4.46. The van der Waals surface area contributed by atoms with Gasteiger partial charge < -0.3 is 14.2 Å². The van der Waals surface area contributed by atoms with Gasteiger partial charge in [0.15, 0.2) is 6.10 Å². The first-order valence-corrected chi connectivity index (χ1v) is 23.5. The highest BCUT2D eigenvalue weighted by Gasteiger charge is 2.19. The van der Waals surface area contributed by atoms with Crippen LogP contribution in [0.4, 0.5) is 0 Å². The van der Waals surface area contributed by atoms with E-state index in [0.717, 1.165) is 103 Å². The van der Waals surface area contributed by atoms with Crippen molar-refractivity contribution in [3.05, 3.63) is 72.9 Å². The Kier molecular flexibility index (Phi) is 43.0. The molecule has 6 nitrogen and oxygen atoms in total. The predicted molar refractivity (Wildman–Crippen MR) is 242 cm³/mol. The van der Waals surface area contributed by atoms with Gasteiger partial charge in [0.25, 0.3) is 0 Å². The first-order chi connectivity index (χ1) is 28.0. The molecular formula is C51H86O6. The Hall–Kier alpha value is -3.15. The lowest BCUT2D eigenvalue weighted by Gasteiger charge is -2.18. The van der Waals surface area contributed by atoms with Gasteiger partial charge >= 0.3 is 17.9 Å². The Morgan fingerprint density at radius 3 is 1.19 bits per heavy atom. The fraction of sp³-hybridized carbons (Fsp3) is 0.706. The maximum atomic E-state index is 12.7. The number of carbonyl (C=O) groups excluding carboxylic acids is 3. The third-order valence-corrected chi connectivity index (χ3v) is 9.76. The maximum absolute atomic E-state index is 12.7. The van der Waals surface area contributed by atoms with Crippen molar-refractivity contribution in [3.8, 4) is 0 Å². The van der Waals surface area contributed by atoms with E-state index in [2.05, 4.69) is 69.4 Å². The minimum atomic E-state index is -0.794. The maximum Gasteiger partial charge on any atom is 0.306 e. The van der Waals surface area contributed by atoms with Crippen molar-refractivity contribution < 1.29 is 28.6 Å². The number of esters is 3. The van der Waals surface area contributed by atoms with Crippen molar-refractivity contribution >= 4 is 17.9 Å². The number of unbranched alkanes of at least 4 members (excludes halogenated alkanes) is 21. The highest BCUT2D eigenvalue weighted by molar-refractivity contribution is 5.71. The van der Waals surface area contributed by atoms with Gasteiger partial charge in [-0.3, -0.25) is 14.4 Å².